The molecule has 2 aromatic carbocycles. The van der Waals surface area contributed by atoms with Gasteiger partial charge in [0.1, 0.15) is 5.69 Å². The van der Waals surface area contributed by atoms with Crippen LogP contribution in [0.1, 0.15) is 0 Å². The van der Waals surface area contributed by atoms with E-state index in [2.05, 4.69) is 5.32 Å². The lowest BCUT2D eigenvalue weighted by molar-refractivity contribution is -0.577. The fraction of sp³-hybridized carbons (Fsp3) is 0. The predicted octanol–water partition coefficient (Wildman–Crippen LogP) is 3.36. The lowest BCUT2D eigenvalue weighted by Gasteiger charge is -2.05. The van der Waals surface area contributed by atoms with E-state index in [1.165, 1.54) is 22.8 Å². The number of hydrogen-bond acceptors (Lipinski definition) is 5. The van der Waals surface area contributed by atoms with Crippen LogP contribution in [0.4, 0.5) is 11.4 Å². The number of pyridine rings is 1. The van der Waals surface area contributed by atoms with E-state index in [4.69, 9.17) is 0 Å². The molecule has 25 heavy (non-hydrogen) atoms. The highest BCUT2D eigenvalue weighted by Gasteiger charge is 2.20. The minimum absolute atomic E-state index is 0.0797. The molecule has 7 nitrogen and oxygen atoms in total. The van der Waals surface area contributed by atoms with Gasteiger partial charge in [0.15, 0.2) is 18.5 Å². The third-order valence-corrected chi connectivity index (χ3v) is 3.63. The average molecular weight is 333 g/mol. The second kappa shape index (κ2) is 6.68. The fourth-order valence-corrected chi connectivity index (χ4v) is 2.43. The van der Waals surface area contributed by atoms with Crippen LogP contribution in [0.5, 0.6) is 0 Å². The highest BCUT2D eigenvalue weighted by molar-refractivity contribution is 5.80. The summed E-state index contributed by atoms with van der Waals surface area (Å²) >= 11 is 0. The number of rotatable bonds is 4. The van der Waals surface area contributed by atoms with Crippen molar-refractivity contribution in [2.75, 3.05) is 5.32 Å². The van der Waals surface area contributed by atoms with Gasteiger partial charge in [-0.1, -0.05) is 30.3 Å². The van der Waals surface area contributed by atoms with Crippen LogP contribution in [0.15, 0.2) is 72.9 Å². The Labute approximate surface area is 142 Å². The summed E-state index contributed by atoms with van der Waals surface area (Å²) in [5.41, 5.74) is -0.183. The Balaban J connectivity index is 2.03. The van der Waals surface area contributed by atoms with Gasteiger partial charge in [0, 0.05) is 17.5 Å². The molecule has 0 aliphatic carbocycles. The van der Waals surface area contributed by atoms with Crippen molar-refractivity contribution in [1.29, 1.82) is 5.26 Å². The van der Waals surface area contributed by atoms with Crippen LogP contribution in [0.3, 0.4) is 0 Å². The van der Waals surface area contributed by atoms with Gasteiger partial charge in [0.05, 0.1) is 4.92 Å². The Morgan fingerprint density at radius 3 is 2.52 bits per heavy atom. The van der Waals surface area contributed by atoms with Gasteiger partial charge in [-0.3, -0.25) is 10.1 Å². The van der Waals surface area contributed by atoms with Crippen LogP contribution in [0.25, 0.3) is 16.5 Å². The zero-order valence-electron chi connectivity index (χ0n) is 13.0. The molecular weight excluding hydrogens is 320 g/mol. The SMILES string of the molecule is N#CC(=C(O)Nc1ccccc1[N+](=O)[O-])[n+]1ccc2ccccc2c1. The number of benzene rings is 2. The molecule has 3 aromatic rings. The summed E-state index contributed by atoms with van der Waals surface area (Å²) in [5, 5.41) is 35.2. The van der Waals surface area contributed by atoms with E-state index in [9.17, 15) is 20.5 Å². The van der Waals surface area contributed by atoms with Gasteiger partial charge in [-0.05, 0) is 17.5 Å². The molecule has 1 heterocycles. The Bertz CT molecular complexity index is 1040. The number of para-hydroxylation sites is 2. The van der Waals surface area contributed by atoms with Crippen LogP contribution in [-0.2, 0) is 0 Å². The van der Waals surface area contributed by atoms with Gasteiger partial charge in [-0.25, -0.2) is 0 Å². The third-order valence-electron chi connectivity index (χ3n) is 3.63. The highest BCUT2D eigenvalue weighted by Crippen LogP contribution is 2.24. The first-order chi connectivity index (χ1) is 12.1. The van der Waals surface area contributed by atoms with Crippen molar-refractivity contribution in [2.45, 2.75) is 0 Å². The van der Waals surface area contributed by atoms with Gasteiger partial charge in [0.25, 0.3) is 11.6 Å². The molecule has 0 spiro atoms. The number of nitrogens with zero attached hydrogens (tertiary/aromatic N) is 3. The molecule has 122 valence electrons. The molecule has 3 rings (SSSR count). The topological polar surface area (TPSA) is 103 Å². The maximum absolute atomic E-state index is 11.1. The zero-order valence-corrected chi connectivity index (χ0v) is 13.0. The Morgan fingerprint density at radius 1 is 1.12 bits per heavy atom. The maximum Gasteiger partial charge on any atom is 0.349 e. The third kappa shape index (κ3) is 3.23. The zero-order chi connectivity index (χ0) is 17.8. The van der Waals surface area contributed by atoms with Crippen LogP contribution in [0, 0.1) is 21.4 Å². The van der Waals surface area contributed by atoms with Crippen molar-refractivity contribution in [3.63, 3.8) is 0 Å². The summed E-state index contributed by atoms with van der Waals surface area (Å²) < 4.78 is 1.46. The fourth-order valence-electron chi connectivity index (χ4n) is 2.43. The first kappa shape index (κ1) is 16.0. The van der Waals surface area contributed by atoms with Crippen molar-refractivity contribution in [1.82, 2.24) is 0 Å². The second-order valence-corrected chi connectivity index (χ2v) is 5.19. The largest absolute Gasteiger partial charge is 0.489 e. The lowest BCUT2D eigenvalue weighted by Crippen LogP contribution is -2.33. The van der Waals surface area contributed by atoms with Gasteiger partial charge < -0.3 is 10.4 Å². The Hall–Kier alpha value is -3.92. The van der Waals surface area contributed by atoms with Gasteiger partial charge in [0.2, 0.25) is 0 Å². The average Bonchev–Trinajstić information content (AvgIpc) is 2.62. The number of allylic oxidation sites excluding steroid dienone is 1. The van der Waals surface area contributed by atoms with E-state index >= 15 is 0 Å². The van der Waals surface area contributed by atoms with E-state index in [0.717, 1.165) is 10.8 Å². The molecular formula is C18H13N4O3+. The van der Waals surface area contributed by atoms with E-state index in [1.807, 2.05) is 36.4 Å². The summed E-state index contributed by atoms with van der Waals surface area (Å²) in [6.45, 7) is 0. The molecule has 0 amide bonds. The van der Waals surface area contributed by atoms with E-state index < -0.39 is 10.8 Å². The highest BCUT2D eigenvalue weighted by atomic mass is 16.6. The Morgan fingerprint density at radius 2 is 1.80 bits per heavy atom. The molecule has 0 aliphatic heterocycles. The molecule has 0 radical (unpaired) electrons. The summed E-state index contributed by atoms with van der Waals surface area (Å²) in [5.74, 6) is -0.475. The first-order valence-electron chi connectivity index (χ1n) is 7.34. The number of nitrogens with one attached hydrogen (secondary N) is 1. The lowest BCUT2D eigenvalue weighted by atomic mass is 10.2. The molecule has 1 aromatic heterocycles. The number of aliphatic hydroxyl groups excluding tert-OH is 1. The number of nitriles is 1. The van der Waals surface area contributed by atoms with Crippen molar-refractivity contribution >= 4 is 27.8 Å². The maximum atomic E-state index is 11.1. The molecule has 7 heteroatoms. The summed E-state index contributed by atoms with van der Waals surface area (Å²) in [7, 11) is 0. The molecule has 0 saturated heterocycles. The van der Waals surface area contributed by atoms with E-state index in [0.29, 0.717) is 0 Å². The van der Waals surface area contributed by atoms with Crippen molar-refractivity contribution in [2.24, 2.45) is 0 Å². The number of hydrogen-bond donors (Lipinski definition) is 2. The minimum Gasteiger partial charge on any atom is -0.489 e. The van der Waals surface area contributed by atoms with Crippen LogP contribution < -0.4 is 9.88 Å². The number of aliphatic hydroxyl groups is 1. The normalized spacial score (nSPS) is 11.5. The predicted molar refractivity (Wildman–Crippen MR) is 92.3 cm³/mol. The van der Waals surface area contributed by atoms with Crippen LogP contribution >= 0.6 is 0 Å². The molecule has 0 atom stereocenters. The van der Waals surface area contributed by atoms with Gasteiger partial charge >= 0.3 is 5.70 Å². The van der Waals surface area contributed by atoms with Crippen molar-refractivity contribution < 1.29 is 14.6 Å². The van der Waals surface area contributed by atoms with Gasteiger partial charge in [-0.15, -0.1) is 0 Å². The van der Waals surface area contributed by atoms with Crippen LogP contribution in [-0.4, -0.2) is 10.0 Å². The first-order valence-corrected chi connectivity index (χ1v) is 7.34. The molecule has 0 fully saturated rings. The number of fused-ring (bicyclic) bond motifs is 1. The summed E-state index contributed by atoms with van der Waals surface area (Å²) in [6.07, 6.45) is 3.34. The molecule has 0 saturated carbocycles. The molecule has 0 unspecified atom stereocenters. The number of nitro benzene ring substituents is 1. The Kier molecular flexibility index (Phi) is 4.26. The monoisotopic (exact) mass is 333 g/mol. The number of nitro groups is 1. The molecule has 0 bridgehead atoms. The quantitative estimate of drug-likeness (QED) is 0.250. The van der Waals surface area contributed by atoms with Crippen LogP contribution in [0.2, 0.25) is 0 Å². The summed E-state index contributed by atoms with van der Waals surface area (Å²) in [4.78, 5) is 10.5. The molecule has 2 N–H and O–H groups in total. The number of anilines is 1. The van der Waals surface area contributed by atoms with Crippen molar-refractivity contribution in [3.05, 3.63) is 83.0 Å². The molecule has 0 aliphatic rings. The number of aromatic nitrogens is 1. The van der Waals surface area contributed by atoms with E-state index in [1.54, 1.807) is 18.5 Å². The standard InChI is InChI=1S/C18H12N4O3/c19-11-17(21-10-9-13-5-1-2-6-14(13)12-21)18(23)20-15-7-3-4-8-16(15)22(24)25/h1-10,12,20H/p+1. The van der Waals surface area contributed by atoms with E-state index in [-0.39, 0.29) is 17.1 Å². The minimum atomic E-state index is -0.565. The second-order valence-electron chi connectivity index (χ2n) is 5.19. The van der Waals surface area contributed by atoms with Gasteiger partial charge in [-0.2, -0.15) is 9.83 Å². The summed E-state index contributed by atoms with van der Waals surface area (Å²) in [6, 6.07) is 17.2. The smallest absolute Gasteiger partial charge is 0.349 e. The van der Waals surface area contributed by atoms with Crippen molar-refractivity contribution in [3.8, 4) is 6.07 Å².